The van der Waals surface area contributed by atoms with Gasteiger partial charge >= 0.3 is 36.0 Å². The summed E-state index contributed by atoms with van der Waals surface area (Å²) in [5.41, 5.74) is -5.08. The molecule has 0 saturated carbocycles. The second-order valence-electron chi connectivity index (χ2n) is 8.54. The molecule has 0 aliphatic heterocycles. The van der Waals surface area contributed by atoms with Gasteiger partial charge in [-0.05, 0) is 48.5 Å². The molecule has 4 nitrogen and oxygen atoms in total. The lowest BCUT2D eigenvalue weighted by Gasteiger charge is -2.29. The van der Waals surface area contributed by atoms with Crippen LogP contribution in [0.5, 0.6) is 11.5 Å². The Hall–Kier alpha value is -3.60. The summed E-state index contributed by atoms with van der Waals surface area (Å²) in [6.45, 7) is -0.223. The lowest BCUT2D eigenvalue weighted by atomic mass is 9.98. The maximum Gasteiger partial charge on any atom is 0.460 e. The number of rotatable bonds is 12. The first-order chi connectivity index (χ1) is 19.6. The molecule has 0 aliphatic carbocycles. The van der Waals surface area contributed by atoms with E-state index >= 15 is 0 Å². The molecular formula is C25H20F14N2O2. The van der Waals surface area contributed by atoms with Crippen molar-refractivity contribution in [1.82, 2.24) is 0 Å². The average Bonchev–Trinajstić information content (AvgIpc) is 2.89. The van der Waals surface area contributed by atoms with Crippen molar-refractivity contribution in [2.75, 3.05) is 27.3 Å². The first kappa shape index (κ1) is 35.6. The van der Waals surface area contributed by atoms with Gasteiger partial charge < -0.3 is 9.47 Å². The van der Waals surface area contributed by atoms with E-state index in [9.17, 15) is 61.5 Å². The molecule has 240 valence electrons. The standard InChI is InChI=1S/C25H20F14N2O2/c1-40-18(20(26,27)22(30,31)24(34,35)36)14-4-8-16(9-5-14)42-12-3-13-43-17-10-6-15(7-11-17)19(41-2)21(28,29)23(32,33)25(37,38)39/h4-11H,3,12-13H2,1-2H3/b40-18-,41-19-. The van der Waals surface area contributed by atoms with Crippen molar-refractivity contribution in [3.63, 3.8) is 0 Å². The highest BCUT2D eigenvalue weighted by Gasteiger charge is 2.75. The van der Waals surface area contributed by atoms with Gasteiger partial charge in [0.15, 0.2) is 0 Å². The quantitative estimate of drug-likeness (QED) is 0.133. The van der Waals surface area contributed by atoms with Crippen LogP contribution in [0.4, 0.5) is 61.5 Å². The SMILES string of the molecule is C/N=C(/c1ccc(OCCCOc2ccc(/C(=N/C)C(F)(F)C(F)(F)C(F)(F)F)cc2)cc1)C(F)(F)C(F)(F)C(F)(F)F. The maximum atomic E-state index is 14.0. The van der Waals surface area contributed by atoms with Crippen LogP contribution in [0, 0.1) is 0 Å². The lowest BCUT2D eigenvalue weighted by molar-refractivity contribution is -0.336. The average molecular weight is 646 g/mol. The monoisotopic (exact) mass is 646 g/mol. The summed E-state index contributed by atoms with van der Waals surface area (Å²) >= 11 is 0. The van der Waals surface area contributed by atoms with Gasteiger partial charge in [-0.25, -0.2) is 0 Å². The van der Waals surface area contributed by atoms with Crippen LogP contribution in [-0.4, -0.2) is 74.8 Å². The largest absolute Gasteiger partial charge is 0.493 e. The van der Waals surface area contributed by atoms with Crippen LogP contribution in [0.25, 0.3) is 0 Å². The van der Waals surface area contributed by atoms with Crippen LogP contribution < -0.4 is 9.47 Å². The third kappa shape index (κ3) is 7.14. The Balaban J connectivity index is 1.96. The fraction of sp³-hybridized carbons (Fsp3) is 0.440. The third-order valence-corrected chi connectivity index (χ3v) is 5.62. The number of hydrogen-bond donors (Lipinski definition) is 0. The van der Waals surface area contributed by atoms with Crippen molar-refractivity contribution in [3.8, 4) is 11.5 Å². The number of benzene rings is 2. The van der Waals surface area contributed by atoms with E-state index in [2.05, 4.69) is 9.98 Å². The zero-order valence-corrected chi connectivity index (χ0v) is 21.7. The van der Waals surface area contributed by atoms with Crippen LogP contribution in [0.3, 0.4) is 0 Å². The normalized spacial score (nSPS) is 14.6. The van der Waals surface area contributed by atoms with Crippen LogP contribution in [0.2, 0.25) is 0 Å². The Morgan fingerprint density at radius 2 is 0.791 bits per heavy atom. The lowest BCUT2D eigenvalue weighted by Crippen LogP contribution is -2.56. The predicted octanol–water partition coefficient (Wildman–Crippen LogP) is 8.04. The molecule has 0 aromatic heterocycles. The molecule has 0 heterocycles. The molecule has 2 aromatic rings. The van der Waals surface area contributed by atoms with E-state index in [1.165, 1.54) is 0 Å². The molecule has 18 heteroatoms. The van der Waals surface area contributed by atoms with Crippen molar-refractivity contribution in [2.24, 2.45) is 9.98 Å². The summed E-state index contributed by atoms with van der Waals surface area (Å²) < 4.78 is 195. The van der Waals surface area contributed by atoms with E-state index in [-0.39, 0.29) is 31.1 Å². The van der Waals surface area contributed by atoms with Gasteiger partial charge in [0.1, 0.15) is 22.9 Å². The summed E-state index contributed by atoms with van der Waals surface area (Å²) in [6, 6.07) is 7.19. The second kappa shape index (κ2) is 12.6. The van der Waals surface area contributed by atoms with E-state index in [1.807, 2.05) is 0 Å². The Labute approximate surface area is 234 Å². The molecule has 2 aromatic carbocycles. The zero-order valence-electron chi connectivity index (χ0n) is 21.7. The Morgan fingerprint density at radius 3 is 1.02 bits per heavy atom. The molecule has 0 amide bonds. The maximum absolute atomic E-state index is 14.0. The van der Waals surface area contributed by atoms with E-state index in [0.29, 0.717) is 14.1 Å². The van der Waals surface area contributed by atoms with Crippen molar-refractivity contribution >= 4 is 11.4 Å². The summed E-state index contributed by atoms with van der Waals surface area (Å²) in [5, 5.41) is 0. The van der Waals surface area contributed by atoms with Gasteiger partial charge in [0, 0.05) is 31.6 Å². The topological polar surface area (TPSA) is 43.2 Å². The number of hydrogen-bond acceptors (Lipinski definition) is 4. The highest BCUT2D eigenvalue weighted by molar-refractivity contribution is 6.07. The van der Waals surface area contributed by atoms with Crippen LogP contribution >= 0.6 is 0 Å². The van der Waals surface area contributed by atoms with Crippen LogP contribution in [-0.2, 0) is 0 Å². The number of ether oxygens (including phenoxy) is 2. The van der Waals surface area contributed by atoms with Crippen LogP contribution in [0.15, 0.2) is 58.5 Å². The summed E-state index contributed by atoms with van der Waals surface area (Å²) in [5.74, 6) is -24.2. The Morgan fingerprint density at radius 1 is 0.512 bits per heavy atom. The minimum atomic E-state index is -6.55. The van der Waals surface area contributed by atoms with Gasteiger partial charge in [-0.1, -0.05) is 0 Å². The van der Waals surface area contributed by atoms with E-state index in [1.54, 1.807) is 0 Å². The van der Waals surface area contributed by atoms with Gasteiger partial charge in [0.2, 0.25) is 0 Å². The second-order valence-corrected chi connectivity index (χ2v) is 8.54. The summed E-state index contributed by atoms with van der Waals surface area (Å²) in [4.78, 5) is 5.83. The molecule has 2 rings (SSSR count). The molecule has 0 unspecified atom stereocenters. The van der Waals surface area contributed by atoms with Crippen molar-refractivity contribution in [1.29, 1.82) is 0 Å². The molecule has 0 saturated heterocycles. The van der Waals surface area contributed by atoms with Gasteiger partial charge in [-0.15, -0.1) is 0 Å². The molecule has 0 atom stereocenters. The predicted molar refractivity (Wildman–Crippen MR) is 125 cm³/mol. The third-order valence-electron chi connectivity index (χ3n) is 5.62. The van der Waals surface area contributed by atoms with Gasteiger partial charge in [0.05, 0.1) is 13.2 Å². The van der Waals surface area contributed by atoms with E-state index in [0.717, 1.165) is 48.5 Å². The minimum Gasteiger partial charge on any atom is -0.493 e. The first-order valence-electron chi connectivity index (χ1n) is 11.6. The molecule has 0 fully saturated rings. The molecule has 0 radical (unpaired) electrons. The highest BCUT2D eigenvalue weighted by atomic mass is 19.4. The molecule has 0 bridgehead atoms. The van der Waals surface area contributed by atoms with Gasteiger partial charge in [-0.2, -0.15) is 61.5 Å². The van der Waals surface area contributed by atoms with Crippen LogP contribution in [0.1, 0.15) is 17.5 Å². The molecule has 0 N–H and O–H groups in total. The number of aliphatic imine (C=N–C) groups is 2. The molecule has 0 spiro atoms. The van der Waals surface area contributed by atoms with Gasteiger partial charge in [-0.3, -0.25) is 9.98 Å². The number of halogens is 14. The van der Waals surface area contributed by atoms with Crippen molar-refractivity contribution in [3.05, 3.63) is 59.7 Å². The minimum absolute atomic E-state index is 0.00239. The molecule has 43 heavy (non-hydrogen) atoms. The summed E-state index contributed by atoms with van der Waals surface area (Å²) in [6.07, 6.45) is -13.0. The number of nitrogens with zero attached hydrogens (tertiary/aromatic N) is 2. The van der Waals surface area contributed by atoms with Crippen molar-refractivity contribution < 1.29 is 70.9 Å². The molecule has 0 aliphatic rings. The fourth-order valence-corrected chi connectivity index (χ4v) is 3.41. The molecular weight excluding hydrogens is 626 g/mol. The number of alkyl halides is 14. The Kier molecular flexibility index (Phi) is 10.4. The van der Waals surface area contributed by atoms with Crippen molar-refractivity contribution in [2.45, 2.75) is 42.5 Å². The smallest absolute Gasteiger partial charge is 0.460 e. The first-order valence-corrected chi connectivity index (χ1v) is 11.6. The zero-order chi connectivity index (χ0) is 33.1. The summed E-state index contributed by atoms with van der Waals surface area (Å²) in [7, 11) is 1.23. The highest BCUT2D eigenvalue weighted by Crippen LogP contribution is 2.49. The fourth-order valence-electron chi connectivity index (χ4n) is 3.41. The van der Waals surface area contributed by atoms with E-state index in [4.69, 9.17) is 9.47 Å². The Bertz CT molecular complexity index is 1180. The van der Waals surface area contributed by atoms with Gasteiger partial charge in [0.25, 0.3) is 0 Å². The van der Waals surface area contributed by atoms with E-state index < -0.39 is 58.6 Å².